The first-order chi connectivity index (χ1) is 7.48. The normalized spacial score (nSPS) is 11.4. The summed E-state index contributed by atoms with van der Waals surface area (Å²) in [5.74, 6) is -2.03. The molecule has 16 heavy (non-hydrogen) atoms. The standard InChI is InChI=1S/C12H22O4/c1-3-12(4-2,11(15)16)9-7-5-6-8-10(13)14/h3-9H2,1-2H3,(H,13,14)(H,15,16)/p-2. The Balaban J connectivity index is 3.95. The summed E-state index contributed by atoms with van der Waals surface area (Å²) in [5, 5.41) is 21.2. The minimum absolute atomic E-state index is 0.0522. The van der Waals surface area contributed by atoms with Gasteiger partial charge in [-0.25, -0.2) is 0 Å². The fraction of sp³-hybridized carbons (Fsp3) is 0.833. The number of carbonyl (C=O) groups excluding carboxylic acids is 2. The molecule has 0 radical (unpaired) electrons. The van der Waals surface area contributed by atoms with Crippen molar-refractivity contribution in [1.29, 1.82) is 0 Å². The van der Waals surface area contributed by atoms with Crippen LogP contribution in [0, 0.1) is 5.41 Å². The third kappa shape index (κ3) is 4.64. The van der Waals surface area contributed by atoms with E-state index in [0.717, 1.165) is 12.8 Å². The summed E-state index contributed by atoms with van der Waals surface area (Å²) in [7, 11) is 0. The Kier molecular flexibility index (Phi) is 6.77. The van der Waals surface area contributed by atoms with Gasteiger partial charge in [0, 0.05) is 17.4 Å². The summed E-state index contributed by atoms with van der Waals surface area (Å²) in [6.07, 6.45) is 3.75. The van der Waals surface area contributed by atoms with Crippen molar-refractivity contribution in [2.75, 3.05) is 0 Å². The van der Waals surface area contributed by atoms with Crippen LogP contribution in [-0.2, 0) is 9.59 Å². The van der Waals surface area contributed by atoms with E-state index in [4.69, 9.17) is 0 Å². The number of hydrogen-bond donors (Lipinski definition) is 0. The van der Waals surface area contributed by atoms with Gasteiger partial charge in [-0.2, -0.15) is 0 Å². The van der Waals surface area contributed by atoms with E-state index < -0.39 is 17.4 Å². The molecule has 0 aliphatic heterocycles. The van der Waals surface area contributed by atoms with Crippen molar-refractivity contribution < 1.29 is 19.8 Å². The zero-order chi connectivity index (χ0) is 12.6. The Labute approximate surface area is 96.7 Å². The van der Waals surface area contributed by atoms with E-state index in [1.807, 2.05) is 13.8 Å². The van der Waals surface area contributed by atoms with Crippen LogP contribution in [0.1, 0.15) is 58.8 Å². The first kappa shape index (κ1) is 14.9. The lowest BCUT2D eigenvalue weighted by Gasteiger charge is -2.32. The molecule has 4 heteroatoms. The van der Waals surface area contributed by atoms with Crippen LogP contribution in [0.4, 0.5) is 0 Å². The highest BCUT2D eigenvalue weighted by atomic mass is 16.4. The molecule has 0 atom stereocenters. The molecule has 0 saturated heterocycles. The second-order valence-corrected chi connectivity index (χ2v) is 4.21. The summed E-state index contributed by atoms with van der Waals surface area (Å²) >= 11 is 0. The summed E-state index contributed by atoms with van der Waals surface area (Å²) in [5.41, 5.74) is -0.735. The molecule has 0 aromatic rings. The molecule has 0 bridgehead atoms. The number of carbonyl (C=O) groups is 2. The highest BCUT2D eigenvalue weighted by Crippen LogP contribution is 2.32. The maximum Gasteiger partial charge on any atom is 0.0476 e. The van der Waals surface area contributed by atoms with Crippen molar-refractivity contribution in [2.24, 2.45) is 5.41 Å². The largest absolute Gasteiger partial charge is 0.550 e. The average molecular weight is 228 g/mol. The zero-order valence-electron chi connectivity index (χ0n) is 10.1. The summed E-state index contributed by atoms with van der Waals surface area (Å²) in [4.78, 5) is 21.2. The van der Waals surface area contributed by atoms with Gasteiger partial charge in [0.05, 0.1) is 0 Å². The van der Waals surface area contributed by atoms with Crippen LogP contribution in [0.5, 0.6) is 0 Å². The SMILES string of the molecule is CCC(CC)(CCCCCC(=O)[O-])C(=O)[O-]. The molecular weight excluding hydrogens is 208 g/mol. The molecule has 0 aliphatic carbocycles. The lowest BCUT2D eigenvalue weighted by molar-refractivity contribution is -0.320. The number of rotatable bonds is 9. The number of carboxylic acids is 2. The van der Waals surface area contributed by atoms with Crippen molar-refractivity contribution in [1.82, 2.24) is 0 Å². The Morgan fingerprint density at radius 1 is 1.00 bits per heavy atom. The fourth-order valence-corrected chi connectivity index (χ4v) is 1.90. The van der Waals surface area contributed by atoms with Crippen molar-refractivity contribution >= 4 is 11.9 Å². The average Bonchev–Trinajstić information content (AvgIpc) is 2.23. The number of carboxylic acid groups (broad SMARTS) is 2. The van der Waals surface area contributed by atoms with E-state index in [9.17, 15) is 19.8 Å². The van der Waals surface area contributed by atoms with E-state index in [-0.39, 0.29) is 6.42 Å². The second kappa shape index (κ2) is 7.25. The molecule has 0 aromatic heterocycles. The summed E-state index contributed by atoms with van der Waals surface area (Å²) in [6.45, 7) is 3.70. The summed E-state index contributed by atoms with van der Waals surface area (Å²) < 4.78 is 0. The molecule has 0 rings (SSSR count). The fourth-order valence-electron chi connectivity index (χ4n) is 1.90. The molecule has 94 valence electrons. The number of unbranched alkanes of at least 4 members (excludes halogenated alkanes) is 2. The second-order valence-electron chi connectivity index (χ2n) is 4.21. The number of hydrogen-bond acceptors (Lipinski definition) is 4. The molecule has 0 saturated carbocycles. The smallest absolute Gasteiger partial charge is 0.0476 e. The monoisotopic (exact) mass is 228 g/mol. The van der Waals surface area contributed by atoms with Crippen LogP contribution in [0.3, 0.4) is 0 Å². The highest BCUT2D eigenvalue weighted by molar-refractivity contribution is 5.72. The van der Waals surface area contributed by atoms with Crippen LogP contribution in [0.15, 0.2) is 0 Å². The molecule has 0 spiro atoms. The van der Waals surface area contributed by atoms with Crippen molar-refractivity contribution in [3.05, 3.63) is 0 Å². The Morgan fingerprint density at radius 2 is 1.56 bits per heavy atom. The van der Waals surface area contributed by atoms with Crippen molar-refractivity contribution in [2.45, 2.75) is 58.8 Å². The van der Waals surface area contributed by atoms with Gasteiger partial charge >= 0.3 is 0 Å². The summed E-state index contributed by atoms with van der Waals surface area (Å²) in [6, 6.07) is 0. The predicted molar refractivity (Wildman–Crippen MR) is 56.1 cm³/mol. The van der Waals surface area contributed by atoms with E-state index in [2.05, 4.69) is 0 Å². The minimum Gasteiger partial charge on any atom is -0.550 e. The van der Waals surface area contributed by atoms with Gasteiger partial charge in [0.1, 0.15) is 0 Å². The Hall–Kier alpha value is -1.06. The molecule has 0 aliphatic rings. The van der Waals surface area contributed by atoms with Crippen LogP contribution < -0.4 is 10.2 Å². The van der Waals surface area contributed by atoms with Gasteiger partial charge in [-0.3, -0.25) is 0 Å². The molecule has 4 nitrogen and oxygen atoms in total. The van der Waals surface area contributed by atoms with E-state index in [1.54, 1.807) is 0 Å². The first-order valence-corrected chi connectivity index (χ1v) is 5.89. The molecule has 0 heterocycles. The maximum atomic E-state index is 11.0. The van der Waals surface area contributed by atoms with Crippen molar-refractivity contribution in [3.8, 4) is 0 Å². The third-order valence-electron chi connectivity index (χ3n) is 3.32. The molecule has 0 N–H and O–H groups in total. The van der Waals surface area contributed by atoms with Crippen molar-refractivity contribution in [3.63, 3.8) is 0 Å². The van der Waals surface area contributed by atoms with E-state index in [1.165, 1.54) is 0 Å². The Morgan fingerprint density at radius 3 is 1.94 bits per heavy atom. The van der Waals surface area contributed by atoms with Gasteiger partial charge in [0.2, 0.25) is 0 Å². The van der Waals surface area contributed by atoms with Gasteiger partial charge < -0.3 is 19.8 Å². The lowest BCUT2D eigenvalue weighted by Crippen LogP contribution is -2.41. The zero-order valence-corrected chi connectivity index (χ0v) is 10.1. The molecule has 0 amide bonds. The van der Waals surface area contributed by atoms with Crippen LogP contribution in [0.2, 0.25) is 0 Å². The maximum absolute atomic E-state index is 11.0. The predicted octanol–water partition coefficient (Wildman–Crippen LogP) is 0.243. The minimum atomic E-state index is -1.04. The highest BCUT2D eigenvalue weighted by Gasteiger charge is 2.26. The third-order valence-corrected chi connectivity index (χ3v) is 3.32. The molecular formula is C12H20O4-2. The van der Waals surface area contributed by atoms with Gasteiger partial charge in [-0.15, -0.1) is 0 Å². The van der Waals surface area contributed by atoms with Gasteiger partial charge in [-0.05, 0) is 32.1 Å². The van der Waals surface area contributed by atoms with E-state index in [0.29, 0.717) is 25.7 Å². The van der Waals surface area contributed by atoms with Crippen LogP contribution in [-0.4, -0.2) is 11.9 Å². The van der Waals surface area contributed by atoms with Crippen LogP contribution in [0.25, 0.3) is 0 Å². The van der Waals surface area contributed by atoms with Gasteiger partial charge in [0.25, 0.3) is 0 Å². The van der Waals surface area contributed by atoms with E-state index >= 15 is 0 Å². The van der Waals surface area contributed by atoms with Crippen LogP contribution >= 0.6 is 0 Å². The van der Waals surface area contributed by atoms with Gasteiger partial charge in [-0.1, -0.05) is 26.7 Å². The quantitative estimate of drug-likeness (QED) is 0.529. The molecule has 0 unspecified atom stereocenters. The van der Waals surface area contributed by atoms with Gasteiger partial charge in [0.15, 0.2) is 0 Å². The number of aliphatic carboxylic acids is 2. The topological polar surface area (TPSA) is 80.3 Å². The molecule has 0 aromatic carbocycles. The Bertz CT molecular complexity index is 231. The molecule has 0 fully saturated rings. The lowest BCUT2D eigenvalue weighted by atomic mass is 9.78. The first-order valence-electron chi connectivity index (χ1n) is 5.89.